The summed E-state index contributed by atoms with van der Waals surface area (Å²) < 4.78 is 0. The Morgan fingerprint density at radius 1 is 1.25 bits per heavy atom. The van der Waals surface area contributed by atoms with Gasteiger partial charge in [-0.1, -0.05) is 23.8 Å². The van der Waals surface area contributed by atoms with Gasteiger partial charge >= 0.3 is 0 Å². The van der Waals surface area contributed by atoms with Gasteiger partial charge in [-0.15, -0.1) is 11.3 Å². The summed E-state index contributed by atoms with van der Waals surface area (Å²) >= 11 is 1.78. The third-order valence-electron chi connectivity index (χ3n) is 3.78. The molecule has 3 nitrogen and oxygen atoms in total. The zero-order valence-electron chi connectivity index (χ0n) is 12.1. The molecule has 106 valence electrons. The molecular formula is C16H21N3S. The van der Waals surface area contributed by atoms with E-state index in [1.54, 1.807) is 11.3 Å². The first kappa shape index (κ1) is 13.7. The Morgan fingerprint density at radius 3 is 2.80 bits per heavy atom. The molecule has 1 saturated heterocycles. The first-order valence-electron chi connectivity index (χ1n) is 7.17. The van der Waals surface area contributed by atoms with E-state index in [2.05, 4.69) is 47.6 Å². The minimum Gasteiger partial charge on any atom is -0.314 e. The van der Waals surface area contributed by atoms with E-state index in [0.29, 0.717) is 0 Å². The smallest absolute Gasteiger partial charge is 0.107 e. The van der Waals surface area contributed by atoms with Gasteiger partial charge in [-0.25, -0.2) is 4.98 Å². The summed E-state index contributed by atoms with van der Waals surface area (Å²) in [4.78, 5) is 7.29. The number of hydrogen-bond donors (Lipinski definition) is 1. The summed E-state index contributed by atoms with van der Waals surface area (Å²) in [7, 11) is 0. The Hall–Kier alpha value is -1.23. The molecule has 1 fully saturated rings. The van der Waals surface area contributed by atoms with Crippen molar-refractivity contribution < 1.29 is 0 Å². The molecule has 1 aliphatic rings. The van der Waals surface area contributed by atoms with Gasteiger partial charge in [0.2, 0.25) is 0 Å². The minimum absolute atomic E-state index is 0.983. The molecule has 1 aromatic carbocycles. The number of hydrogen-bond acceptors (Lipinski definition) is 4. The van der Waals surface area contributed by atoms with Crippen molar-refractivity contribution in [1.29, 1.82) is 0 Å². The van der Waals surface area contributed by atoms with Crippen LogP contribution in [0.3, 0.4) is 0 Å². The molecule has 3 rings (SSSR count). The number of thiazole rings is 1. The van der Waals surface area contributed by atoms with Crippen LogP contribution in [0.1, 0.15) is 16.1 Å². The second-order valence-corrected chi connectivity index (χ2v) is 6.41. The van der Waals surface area contributed by atoms with Gasteiger partial charge in [0, 0.05) is 37.1 Å². The van der Waals surface area contributed by atoms with Gasteiger partial charge in [0.05, 0.1) is 12.2 Å². The molecule has 1 aromatic heterocycles. The van der Waals surface area contributed by atoms with E-state index < -0.39 is 0 Å². The third-order valence-corrected chi connectivity index (χ3v) is 4.61. The highest BCUT2D eigenvalue weighted by Crippen LogP contribution is 2.26. The second-order valence-electron chi connectivity index (χ2n) is 5.47. The van der Waals surface area contributed by atoms with Gasteiger partial charge in [0.15, 0.2) is 0 Å². The van der Waals surface area contributed by atoms with Crippen LogP contribution in [0.4, 0.5) is 0 Å². The van der Waals surface area contributed by atoms with Gasteiger partial charge in [-0.2, -0.15) is 0 Å². The molecule has 0 amide bonds. The number of rotatable bonds is 3. The van der Waals surface area contributed by atoms with E-state index in [1.807, 2.05) is 0 Å². The zero-order chi connectivity index (χ0) is 13.9. The monoisotopic (exact) mass is 287 g/mol. The molecule has 0 radical (unpaired) electrons. The number of piperazine rings is 1. The maximum Gasteiger partial charge on any atom is 0.107 e. The molecule has 0 unspecified atom stereocenters. The van der Waals surface area contributed by atoms with Gasteiger partial charge in [0.25, 0.3) is 0 Å². The number of nitrogens with zero attached hydrogens (tertiary/aromatic N) is 2. The molecule has 0 spiro atoms. The Bertz CT molecular complexity index is 585. The fourth-order valence-electron chi connectivity index (χ4n) is 2.67. The van der Waals surface area contributed by atoms with Crippen molar-refractivity contribution in [3.05, 3.63) is 39.7 Å². The second kappa shape index (κ2) is 6.04. The average Bonchev–Trinajstić information content (AvgIpc) is 2.88. The molecule has 4 heteroatoms. The fraction of sp³-hybridized carbons (Fsp3) is 0.438. The summed E-state index contributed by atoms with van der Waals surface area (Å²) in [6, 6.07) is 6.58. The highest BCUT2D eigenvalue weighted by molar-refractivity contribution is 7.09. The Balaban J connectivity index is 1.75. The summed E-state index contributed by atoms with van der Waals surface area (Å²) in [6.07, 6.45) is 0. The zero-order valence-corrected chi connectivity index (χ0v) is 13.0. The van der Waals surface area contributed by atoms with Crippen LogP contribution in [-0.4, -0.2) is 36.1 Å². The van der Waals surface area contributed by atoms with Crippen molar-refractivity contribution in [3.63, 3.8) is 0 Å². The number of aromatic nitrogens is 1. The first-order valence-corrected chi connectivity index (χ1v) is 8.05. The van der Waals surface area contributed by atoms with E-state index in [-0.39, 0.29) is 0 Å². The Morgan fingerprint density at radius 2 is 2.05 bits per heavy atom. The number of benzene rings is 1. The summed E-state index contributed by atoms with van der Waals surface area (Å²) in [5.41, 5.74) is 5.00. The number of nitrogens with one attached hydrogen (secondary N) is 1. The average molecular weight is 287 g/mol. The maximum absolute atomic E-state index is 4.82. The molecule has 0 aliphatic carbocycles. The van der Waals surface area contributed by atoms with Crippen LogP contribution in [-0.2, 0) is 6.54 Å². The SMILES string of the molecule is Cc1ccc(-c2csc(CN3CCNCC3)n2)c(C)c1. The largest absolute Gasteiger partial charge is 0.314 e. The molecule has 0 bridgehead atoms. The third kappa shape index (κ3) is 3.08. The summed E-state index contributed by atoms with van der Waals surface area (Å²) in [6.45, 7) is 9.71. The maximum atomic E-state index is 4.82. The van der Waals surface area contributed by atoms with Gasteiger partial charge in [0.1, 0.15) is 5.01 Å². The predicted molar refractivity (Wildman–Crippen MR) is 85.2 cm³/mol. The lowest BCUT2D eigenvalue weighted by atomic mass is 10.0. The van der Waals surface area contributed by atoms with Crippen LogP contribution >= 0.6 is 11.3 Å². The molecule has 20 heavy (non-hydrogen) atoms. The summed E-state index contributed by atoms with van der Waals surface area (Å²) in [5, 5.41) is 6.80. The highest BCUT2D eigenvalue weighted by Gasteiger charge is 2.13. The lowest BCUT2D eigenvalue weighted by molar-refractivity contribution is 0.233. The van der Waals surface area contributed by atoms with Crippen molar-refractivity contribution in [1.82, 2.24) is 15.2 Å². The molecule has 0 saturated carbocycles. The Labute approximate surface area is 124 Å². The topological polar surface area (TPSA) is 28.2 Å². The van der Waals surface area contributed by atoms with Gasteiger partial charge in [-0.3, -0.25) is 4.90 Å². The van der Waals surface area contributed by atoms with Crippen LogP contribution in [0.15, 0.2) is 23.6 Å². The van der Waals surface area contributed by atoms with Crippen LogP contribution in [0.2, 0.25) is 0 Å². The lowest BCUT2D eigenvalue weighted by Gasteiger charge is -2.26. The predicted octanol–water partition coefficient (Wildman–Crippen LogP) is 2.83. The van der Waals surface area contributed by atoms with Crippen LogP contribution < -0.4 is 5.32 Å². The van der Waals surface area contributed by atoms with E-state index >= 15 is 0 Å². The minimum atomic E-state index is 0.983. The van der Waals surface area contributed by atoms with Gasteiger partial charge < -0.3 is 5.32 Å². The van der Waals surface area contributed by atoms with E-state index in [4.69, 9.17) is 4.98 Å². The molecule has 1 N–H and O–H groups in total. The van der Waals surface area contributed by atoms with E-state index in [0.717, 1.165) is 38.4 Å². The molecule has 2 heterocycles. The molecule has 0 atom stereocenters. The van der Waals surface area contributed by atoms with Crippen molar-refractivity contribution >= 4 is 11.3 Å². The first-order chi connectivity index (χ1) is 9.72. The van der Waals surface area contributed by atoms with Crippen LogP contribution in [0, 0.1) is 13.8 Å². The molecule has 2 aromatic rings. The van der Waals surface area contributed by atoms with Crippen molar-refractivity contribution in [3.8, 4) is 11.3 Å². The highest BCUT2D eigenvalue weighted by atomic mass is 32.1. The quantitative estimate of drug-likeness (QED) is 0.941. The fourth-order valence-corrected chi connectivity index (χ4v) is 3.50. The van der Waals surface area contributed by atoms with E-state index in [9.17, 15) is 0 Å². The number of aryl methyl sites for hydroxylation is 2. The standard InChI is InChI=1S/C16H21N3S/c1-12-3-4-14(13(2)9-12)15-11-20-16(18-15)10-19-7-5-17-6-8-19/h3-4,9,11,17H,5-8,10H2,1-2H3. The normalized spacial score (nSPS) is 16.5. The Kier molecular flexibility index (Phi) is 4.15. The van der Waals surface area contributed by atoms with Gasteiger partial charge in [-0.05, 0) is 19.4 Å². The molecular weight excluding hydrogens is 266 g/mol. The summed E-state index contributed by atoms with van der Waals surface area (Å²) in [5.74, 6) is 0. The van der Waals surface area contributed by atoms with Crippen molar-refractivity contribution in [2.24, 2.45) is 0 Å². The molecule has 1 aliphatic heterocycles. The van der Waals surface area contributed by atoms with Crippen molar-refractivity contribution in [2.45, 2.75) is 20.4 Å². The lowest BCUT2D eigenvalue weighted by Crippen LogP contribution is -2.42. The van der Waals surface area contributed by atoms with Crippen LogP contribution in [0.25, 0.3) is 11.3 Å². The van der Waals surface area contributed by atoms with E-state index in [1.165, 1.54) is 21.7 Å². The van der Waals surface area contributed by atoms with Crippen molar-refractivity contribution in [2.75, 3.05) is 26.2 Å². The van der Waals surface area contributed by atoms with Crippen LogP contribution in [0.5, 0.6) is 0 Å².